The Morgan fingerprint density at radius 1 is 1.15 bits per heavy atom. The first-order valence-corrected chi connectivity index (χ1v) is 6.30. The number of rotatable bonds is 4. The third-order valence-electron chi connectivity index (χ3n) is 2.49. The van der Waals surface area contributed by atoms with Gasteiger partial charge in [-0.05, 0) is 12.1 Å². The highest BCUT2D eigenvalue weighted by atomic mass is 35.5. The van der Waals surface area contributed by atoms with E-state index < -0.39 is 5.82 Å². The van der Waals surface area contributed by atoms with Crippen molar-refractivity contribution >= 4 is 40.5 Å². The summed E-state index contributed by atoms with van der Waals surface area (Å²) in [6.07, 6.45) is 1.36. The molecule has 0 aliphatic carbocycles. The molecule has 1 heterocycles. The van der Waals surface area contributed by atoms with E-state index in [1.54, 1.807) is 7.05 Å². The van der Waals surface area contributed by atoms with Gasteiger partial charge in [-0.3, -0.25) is 0 Å². The monoisotopic (exact) mass is 316 g/mol. The number of ether oxygens (including phenoxy) is 1. The van der Waals surface area contributed by atoms with Gasteiger partial charge in [-0.2, -0.15) is 0 Å². The van der Waals surface area contributed by atoms with E-state index in [4.69, 9.17) is 27.9 Å². The quantitative estimate of drug-likeness (QED) is 0.842. The zero-order valence-corrected chi connectivity index (χ0v) is 12.2. The van der Waals surface area contributed by atoms with Gasteiger partial charge >= 0.3 is 0 Å². The second-order valence-electron chi connectivity index (χ2n) is 3.73. The Bertz CT molecular complexity index is 616. The second kappa shape index (κ2) is 6.11. The lowest BCUT2D eigenvalue weighted by Crippen LogP contribution is -2.03. The van der Waals surface area contributed by atoms with E-state index in [1.165, 1.54) is 25.6 Å². The molecule has 0 aliphatic heterocycles. The van der Waals surface area contributed by atoms with Gasteiger partial charge in [0.15, 0.2) is 17.5 Å². The minimum atomic E-state index is -0.663. The molecule has 1 aromatic carbocycles. The summed E-state index contributed by atoms with van der Waals surface area (Å²) < 4.78 is 18.6. The summed E-state index contributed by atoms with van der Waals surface area (Å²) in [5.74, 6) is 0.686. The van der Waals surface area contributed by atoms with Crippen molar-refractivity contribution in [2.24, 2.45) is 0 Å². The van der Waals surface area contributed by atoms with E-state index >= 15 is 0 Å². The normalized spacial score (nSPS) is 10.2. The topological polar surface area (TPSA) is 59.1 Å². The van der Waals surface area contributed by atoms with E-state index in [0.29, 0.717) is 23.1 Å². The lowest BCUT2D eigenvalue weighted by Gasteiger charge is -2.13. The molecular weight excluding hydrogens is 306 g/mol. The van der Waals surface area contributed by atoms with Gasteiger partial charge in [0.05, 0.1) is 17.2 Å². The third kappa shape index (κ3) is 2.86. The zero-order chi connectivity index (χ0) is 14.7. The molecule has 0 spiro atoms. The average molecular weight is 317 g/mol. The van der Waals surface area contributed by atoms with Gasteiger partial charge < -0.3 is 15.4 Å². The van der Waals surface area contributed by atoms with Gasteiger partial charge in [-0.25, -0.2) is 14.4 Å². The van der Waals surface area contributed by atoms with Gasteiger partial charge in [0.25, 0.3) is 0 Å². The second-order valence-corrected chi connectivity index (χ2v) is 4.55. The Kier molecular flexibility index (Phi) is 4.46. The average Bonchev–Trinajstić information content (AvgIpc) is 2.44. The fourth-order valence-electron chi connectivity index (χ4n) is 1.60. The van der Waals surface area contributed by atoms with Crippen LogP contribution in [0.15, 0.2) is 18.5 Å². The summed E-state index contributed by atoms with van der Waals surface area (Å²) >= 11 is 11.5. The molecule has 1 aromatic heterocycles. The molecule has 106 valence electrons. The van der Waals surface area contributed by atoms with Crippen molar-refractivity contribution in [2.75, 3.05) is 24.8 Å². The number of anilines is 3. The van der Waals surface area contributed by atoms with Crippen molar-refractivity contribution in [3.63, 3.8) is 0 Å². The highest BCUT2D eigenvalue weighted by Gasteiger charge is 2.13. The number of hydrogen-bond acceptors (Lipinski definition) is 5. The van der Waals surface area contributed by atoms with Gasteiger partial charge in [0.1, 0.15) is 6.33 Å². The van der Waals surface area contributed by atoms with Gasteiger partial charge in [-0.1, -0.05) is 23.2 Å². The number of nitrogens with zero attached hydrogens (tertiary/aromatic N) is 2. The van der Waals surface area contributed by atoms with Crippen LogP contribution in [0.4, 0.5) is 21.7 Å². The maximum atomic E-state index is 13.4. The lowest BCUT2D eigenvalue weighted by molar-refractivity contribution is 0.415. The van der Waals surface area contributed by atoms with Crippen molar-refractivity contribution in [3.8, 4) is 5.75 Å². The number of aromatic nitrogens is 2. The van der Waals surface area contributed by atoms with Gasteiger partial charge in [0.2, 0.25) is 5.75 Å². The highest BCUT2D eigenvalue weighted by molar-refractivity contribution is 6.35. The lowest BCUT2D eigenvalue weighted by atomic mass is 10.3. The van der Waals surface area contributed by atoms with Crippen LogP contribution in [0, 0.1) is 5.82 Å². The molecule has 0 saturated heterocycles. The first kappa shape index (κ1) is 14.6. The Morgan fingerprint density at radius 3 is 2.30 bits per heavy atom. The fourth-order valence-corrected chi connectivity index (χ4v) is 2.09. The summed E-state index contributed by atoms with van der Waals surface area (Å²) in [6, 6.07) is 2.81. The SMILES string of the molecule is CNc1ncnc(Nc2cc(Cl)c(F)c(Cl)c2)c1OC. The Hall–Kier alpha value is -1.79. The molecule has 0 saturated carbocycles. The first-order chi connectivity index (χ1) is 9.56. The van der Waals surface area contributed by atoms with E-state index in [9.17, 15) is 4.39 Å². The molecule has 2 rings (SSSR count). The molecule has 2 aromatic rings. The van der Waals surface area contributed by atoms with Crippen LogP contribution in [0.25, 0.3) is 0 Å². The van der Waals surface area contributed by atoms with Crippen LogP contribution in [-0.2, 0) is 0 Å². The first-order valence-electron chi connectivity index (χ1n) is 5.55. The smallest absolute Gasteiger partial charge is 0.204 e. The maximum absolute atomic E-state index is 13.4. The van der Waals surface area contributed by atoms with E-state index in [1.807, 2.05) is 0 Å². The number of halogens is 3. The van der Waals surface area contributed by atoms with Crippen molar-refractivity contribution in [1.29, 1.82) is 0 Å². The van der Waals surface area contributed by atoms with Crippen LogP contribution < -0.4 is 15.4 Å². The molecule has 0 atom stereocenters. The molecular formula is C12H11Cl2FN4O. The van der Waals surface area contributed by atoms with Crippen molar-refractivity contribution < 1.29 is 9.13 Å². The fraction of sp³-hybridized carbons (Fsp3) is 0.167. The van der Waals surface area contributed by atoms with Crippen LogP contribution in [0.3, 0.4) is 0 Å². The number of nitrogens with one attached hydrogen (secondary N) is 2. The van der Waals surface area contributed by atoms with Crippen LogP contribution in [0.2, 0.25) is 10.0 Å². The van der Waals surface area contributed by atoms with E-state index in [2.05, 4.69) is 20.6 Å². The predicted octanol–water partition coefficient (Wildman–Crippen LogP) is 3.72. The molecule has 20 heavy (non-hydrogen) atoms. The van der Waals surface area contributed by atoms with Crippen LogP contribution in [0.5, 0.6) is 5.75 Å². The number of benzene rings is 1. The van der Waals surface area contributed by atoms with Crippen LogP contribution >= 0.6 is 23.2 Å². The Morgan fingerprint density at radius 2 is 1.75 bits per heavy atom. The third-order valence-corrected chi connectivity index (χ3v) is 3.04. The molecule has 0 unspecified atom stereocenters. The summed E-state index contributed by atoms with van der Waals surface area (Å²) in [5, 5.41) is 5.67. The van der Waals surface area contributed by atoms with Crippen molar-refractivity contribution in [2.45, 2.75) is 0 Å². The minimum absolute atomic E-state index is 0.0816. The van der Waals surface area contributed by atoms with Crippen molar-refractivity contribution in [1.82, 2.24) is 9.97 Å². The molecule has 0 amide bonds. The van der Waals surface area contributed by atoms with E-state index in [-0.39, 0.29) is 10.0 Å². The Labute approximate surface area is 125 Å². The molecule has 0 fully saturated rings. The number of methoxy groups -OCH3 is 1. The zero-order valence-electron chi connectivity index (χ0n) is 10.7. The van der Waals surface area contributed by atoms with Gasteiger partial charge in [-0.15, -0.1) is 0 Å². The molecule has 8 heteroatoms. The summed E-state index contributed by atoms with van der Waals surface area (Å²) in [6.45, 7) is 0. The summed E-state index contributed by atoms with van der Waals surface area (Å²) in [7, 11) is 3.20. The van der Waals surface area contributed by atoms with E-state index in [0.717, 1.165) is 0 Å². The highest BCUT2D eigenvalue weighted by Crippen LogP contribution is 2.33. The molecule has 0 aliphatic rings. The molecule has 0 radical (unpaired) electrons. The largest absolute Gasteiger partial charge is 0.490 e. The standard InChI is InChI=1S/C12H11Cl2FN4O/c1-16-11-10(20-2)12(18-5-17-11)19-6-3-7(13)9(15)8(14)4-6/h3-5H,1-2H3,(H2,16,17,18,19). The van der Waals surface area contributed by atoms with Crippen molar-refractivity contribution in [3.05, 3.63) is 34.3 Å². The molecule has 5 nitrogen and oxygen atoms in total. The predicted molar refractivity (Wildman–Crippen MR) is 77.8 cm³/mol. The van der Waals surface area contributed by atoms with Crippen LogP contribution in [-0.4, -0.2) is 24.1 Å². The molecule has 2 N–H and O–H groups in total. The molecule has 0 bridgehead atoms. The maximum Gasteiger partial charge on any atom is 0.204 e. The van der Waals surface area contributed by atoms with Crippen LogP contribution in [0.1, 0.15) is 0 Å². The summed E-state index contributed by atoms with van der Waals surface area (Å²) in [5.41, 5.74) is 0.487. The minimum Gasteiger partial charge on any atom is -0.490 e. The van der Waals surface area contributed by atoms with Gasteiger partial charge in [0, 0.05) is 12.7 Å². The summed E-state index contributed by atoms with van der Waals surface area (Å²) in [4.78, 5) is 8.09. The number of hydrogen-bond donors (Lipinski definition) is 2. The Balaban J connectivity index is 2.40.